The standard InChI is InChI=1S/C16H20N4O2/c1-11-4-6-13(7-5-11)20-15(21)9-14(19-20)16(22)18-10-12-3-2-8-17-12/h4-7,9,12,17,19H,2-3,8,10H2,1H3,(H,18,22). The van der Waals surface area contributed by atoms with Crippen LogP contribution in [0.3, 0.4) is 0 Å². The number of hydrogen-bond acceptors (Lipinski definition) is 3. The topological polar surface area (TPSA) is 78.9 Å². The first-order chi connectivity index (χ1) is 10.6. The van der Waals surface area contributed by atoms with E-state index >= 15 is 0 Å². The van der Waals surface area contributed by atoms with Gasteiger partial charge in [0.05, 0.1) is 5.69 Å². The van der Waals surface area contributed by atoms with Gasteiger partial charge in [0.25, 0.3) is 11.5 Å². The highest BCUT2D eigenvalue weighted by molar-refractivity contribution is 5.92. The second-order valence-electron chi connectivity index (χ2n) is 5.68. The van der Waals surface area contributed by atoms with Gasteiger partial charge in [-0.15, -0.1) is 0 Å². The van der Waals surface area contributed by atoms with Gasteiger partial charge in [-0.05, 0) is 38.4 Å². The Kier molecular flexibility index (Phi) is 4.11. The summed E-state index contributed by atoms with van der Waals surface area (Å²) in [6, 6.07) is 9.20. The first-order valence-electron chi connectivity index (χ1n) is 7.54. The average Bonchev–Trinajstić information content (AvgIpc) is 3.15. The molecule has 2 heterocycles. The molecule has 6 heteroatoms. The van der Waals surface area contributed by atoms with E-state index in [0.29, 0.717) is 18.3 Å². The maximum Gasteiger partial charge on any atom is 0.271 e. The minimum Gasteiger partial charge on any atom is -0.349 e. The van der Waals surface area contributed by atoms with Gasteiger partial charge in [0.2, 0.25) is 0 Å². The van der Waals surface area contributed by atoms with Crippen LogP contribution >= 0.6 is 0 Å². The molecular weight excluding hydrogens is 280 g/mol. The third kappa shape index (κ3) is 3.12. The molecule has 22 heavy (non-hydrogen) atoms. The summed E-state index contributed by atoms with van der Waals surface area (Å²) in [4.78, 5) is 24.2. The van der Waals surface area contributed by atoms with E-state index in [4.69, 9.17) is 0 Å². The number of amides is 1. The number of H-pyrrole nitrogens is 1. The third-order valence-electron chi connectivity index (χ3n) is 3.93. The molecule has 116 valence electrons. The molecule has 1 aromatic carbocycles. The SMILES string of the molecule is Cc1ccc(-n2[nH]c(C(=O)NCC3CCCN3)cc2=O)cc1. The summed E-state index contributed by atoms with van der Waals surface area (Å²) in [5, 5.41) is 9.04. The zero-order valence-corrected chi connectivity index (χ0v) is 12.6. The lowest BCUT2D eigenvalue weighted by molar-refractivity contribution is 0.0945. The monoisotopic (exact) mass is 300 g/mol. The van der Waals surface area contributed by atoms with Crippen molar-refractivity contribution in [1.29, 1.82) is 0 Å². The van der Waals surface area contributed by atoms with E-state index in [0.717, 1.165) is 24.9 Å². The van der Waals surface area contributed by atoms with Crippen LogP contribution in [-0.4, -0.2) is 34.8 Å². The molecule has 6 nitrogen and oxygen atoms in total. The van der Waals surface area contributed by atoms with Crippen LogP contribution in [0.5, 0.6) is 0 Å². The summed E-state index contributed by atoms with van der Waals surface area (Å²) in [5.74, 6) is -0.253. The number of rotatable bonds is 4. The van der Waals surface area contributed by atoms with Crippen LogP contribution < -0.4 is 16.2 Å². The predicted molar refractivity (Wildman–Crippen MR) is 84.5 cm³/mol. The maximum atomic E-state index is 12.1. The van der Waals surface area contributed by atoms with Crippen molar-refractivity contribution in [3.63, 3.8) is 0 Å². The normalized spacial score (nSPS) is 17.6. The molecule has 0 aliphatic carbocycles. The average molecular weight is 300 g/mol. The van der Waals surface area contributed by atoms with Crippen LogP contribution in [0.15, 0.2) is 35.1 Å². The van der Waals surface area contributed by atoms with E-state index in [1.165, 1.54) is 10.7 Å². The number of nitrogens with one attached hydrogen (secondary N) is 3. The lowest BCUT2D eigenvalue weighted by Crippen LogP contribution is -2.37. The smallest absolute Gasteiger partial charge is 0.271 e. The van der Waals surface area contributed by atoms with Crippen molar-refractivity contribution in [2.45, 2.75) is 25.8 Å². The molecule has 1 aliphatic rings. The van der Waals surface area contributed by atoms with Gasteiger partial charge in [0.1, 0.15) is 5.69 Å². The minimum atomic E-state index is -0.253. The number of benzene rings is 1. The van der Waals surface area contributed by atoms with E-state index in [2.05, 4.69) is 15.7 Å². The first-order valence-corrected chi connectivity index (χ1v) is 7.54. The highest BCUT2D eigenvalue weighted by Crippen LogP contribution is 2.07. The van der Waals surface area contributed by atoms with Crippen molar-refractivity contribution in [3.8, 4) is 5.69 Å². The van der Waals surface area contributed by atoms with E-state index < -0.39 is 0 Å². The summed E-state index contributed by atoms with van der Waals surface area (Å²) in [6.07, 6.45) is 2.21. The fourth-order valence-corrected chi connectivity index (χ4v) is 2.64. The molecule has 1 saturated heterocycles. The molecule has 0 bridgehead atoms. The molecule has 1 amide bonds. The lowest BCUT2D eigenvalue weighted by atomic mass is 10.2. The molecule has 3 rings (SSSR count). The van der Waals surface area contributed by atoms with Gasteiger partial charge >= 0.3 is 0 Å². The summed E-state index contributed by atoms with van der Waals surface area (Å²) in [6.45, 7) is 3.56. The van der Waals surface area contributed by atoms with Crippen molar-refractivity contribution in [2.24, 2.45) is 0 Å². The third-order valence-corrected chi connectivity index (χ3v) is 3.93. The van der Waals surface area contributed by atoms with E-state index in [1.54, 1.807) is 0 Å². The Balaban J connectivity index is 1.72. The van der Waals surface area contributed by atoms with Crippen LogP contribution in [0.4, 0.5) is 0 Å². The summed E-state index contributed by atoms with van der Waals surface area (Å²) in [5.41, 5.74) is 1.87. The van der Waals surface area contributed by atoms with Gasteiger partial charge in [0, 0.05) is 18.7 Å². The van der Waals surface area contributed by atoms with Crippen LogP contribution in [0.1, 0.15) is 28.9 Å². The molecule has 0 spiro atoms. The fraction of sp³-hybridized carbons (Fsp3) is 0.375. The van der Waals surface area contributed by atoms with Crippen LogP contribution in [0, 0.1) is 6.92 Å². The molecule has 0 saturated carbocycles. The highest BCUT2D eigenvalue weighted by atomic mass is 16.2. The largest absolute Gasteiger partial charge is 0.349 e. The molecule has 3 N–H and O–H groups in total. The van der Waals surface area contributed by atoms with Crippen LogP contribution in [0.2, 0.25) is 0 Å². The second kappa shape index (κ2) is 6.19. The predicted octanol–water partition coefficient (Wildman–Crippen LogP) is 0.956. The van der Waals surface area contributed by atoms with Crippen molar-refractivity contribution < 1.29 is 4.79 Å². The Bertz CT molecular complexity index is 708. The molecular formula is C16H20N4O2. The minimum absolute atomic E-state index is 0.243. The number of carbonyl (C=O) groups excluding carboxylic acids is 1. The highest BCUT2D eigenvalue weighted by Gasteiger charge is 2.17. The fourth-order valence-electron chi connectivity index (χ4n) is 2.64. The number of aryl methyl sites for hydroxylation is 1. The first kappa shape index (κ1) is 14.6. The van der Waals surface area contributed by atoms with Crippen molar-refractivity contribution in [1.82, 2.24) is 20.4 Å². The Morgan fingerprint density at radius 1 is 1.36 bits per heavy atom. The molecule has 1 fully saturated rings. The van der Waals surface area contributed by atoms with Gasteiger partial charge in [-0.3, -0.25) is 14.7 Å². The summed E-state index contributed by atoms with van der Waals surface area (Å²) >= 11 is 0. The second-order valence-corrected chi connectivity index (χ2v) is 5.68. The Morgan fingerprint density at radius 3 is 2.82 bits per heavy atom. The number of nitrogens with zero attached hydrogens (tertiary/aromatic N) is 1. The van der Waals surface area contributed by atoms with Crippen LogP contribution in [-0.2, 0) is 0 Å². The van der Waals surface area contributed by atoms with Crippen molar-refractivity contribution >= 4 is 5.91 Å². The molecule has 1 atom stereocenters. The number of aromatic amines is 1. The van der Waals surface area contributed by atoms with Gasteiger partial charge < -0.3 is 10.6 Å². The number of aromatic nitrogens is 2. The Morgan fingerprint density at radius 2 is 2.14 bits per heavy atom. The van der Waals surface area contributed by atoms with E-state index in [-0.39, 0.29) is 17.2 Å². The van der Waals surface area contributed by atoms with Gasteiger partial charge in [-0.1, -0.05) is 17.7 Å². The zero-order valence-electron chi connectivity index (χ0n) is 12.6. The number of carbonyl (C=O) groups is 1. The quantitative estimate of drug-likeness (QED) is 0.787. The van der Waals surface area contributed by atoms with Crippen LogP contribution in [0.25, 0.3) is 5.69 Å². The van der Waals surface area contributed by atoms with E-state index in [1.807, 2.05) is 31.2 Å². The molecule has 1 aliphatic heterocycles. The molecule has 0 radical (unpaired) electrons. The van der Waals surface area contributed by atoms with Gasteiger partial charge in [-0.25, -0.2) is 4.68 Å². The lowest BCUT2D eigenvalue weighted by Gasteiger charge is -2.10. The molecule has 2 aromatic rings. The van der Waals surface area contributed by atoms with Gasteiger partial charge in [-0.2, -0.15) is 0 Å². The summed E-state index contributed by atoms with van der Waals surface area (Å²) in [7, 11) is 0. The number of hydrogen-bond donors (Lipinski definition) is 3. The Hall–Kier alpha value is -2.34. The molecule has 1 aromatic heterocycles. The van der Waals surface area contributed by atoms with Crippen molar-refractivity contribution in [2.75, 3.05) is 13.1 Å². The maximum absolute atomic E-state index is 12.1. The molecule has 1 unspecified atom stereocenters. The zero-order chi connectivity index (χ0) is 15.5. The van der Waals surface area contributed by atoms with E-state index in [9.17, 15) is 9.59 Å². The van der Waals surface area contributed by atoms with Crippen molar-refractivity contribution in [3.05, 3.63) is 51.9 Å². The van der Waals surface area contributed by atoms with Gasteiger partial charge in [0.15, 0.2) is 0 Å². The Labute approximate surface area is 128 Å². The summed E-state index contributed by atoms with van der Waals surface area (Å²) < 4.78 is 1.38.